The average molecular weight is 185 g/mol. The van der Waals surface area contributed by atoms with E-state index in [-0.39, 0.29) is 0 Å². The predicted molar refractivity (Wildman–Crippen MR) is 47.8 cm³/mol. The fourth-order valence-corrected chi connectivity index (χ4v) is 0.959. The van der Waals surface area contributed by atoms with Gasteiger partial charge in [0.1, 0.15) is 5.75 Å². The number of hydrogen-bond acceptors (Lipinski definition) is 2. The van der Waals surface area contributed by atoms with Crippen molar-refractivity contribution in [2.75, 3.05) is 0 Å². The van der Waals surface area contributed by atoms with Crippen LogP contribution in [0.1, 0.15) is 11.1 Å². The Morgan fingerprint density at radius 1 is 1.33 bits per heavy atom. The van der Waals surface area contributed by atoms with Crippen LogP contribution in [0.4, 0.5) is 4.79 Å². The summed E-state index contributed by atoms with van der Waals surface area (Å²) < 4.78 is 4.68. The molecule has 3 heteroatoms. The van der Waals surface area contributed by atoms with Crippen LogP contribution in [0.2, 0.25) is 0 Å². The van der Waals surface area contributed by atoms with Crippen molar-refractivity contribution in [3.8, 4) is 5.75 Å². The zero-order valence-corrected chi connectivity index (χ0v) is 7.68. The molecule has 0 heterocycles. The van der Waals surface area contributed by atoms with Gasteiger partial charge in [0.15, 0.2) is 0 Å². The molecule has 0 aliphatic heterocycles. The molecule has 0 radical (unpaired) electrons. The molecule has 0 amide bonds. The molecular formula is C9H9ClO2. The van der Waals surface area contributed by atoms with Gasteiger partial charge in [-0.2, -0.15) is 0 Å². The third-order valence-corrected chi connectivity index (χ3v) is 1.75. The Labute approximate surface area is 76.1 Å². The van der Waals surface area contributed by atoms with Crippen molar-refractivity contribution < 1.29 is 9.53 Å². The summed E-state index contributed by atoms with van der Waals surface area (Å²) in [5.74, 6) is 0.484. The molecule has 0 unspecified atom stereocenters. The van der Waals surface area contributed by atoms with Gasteiger partial charge in [-0.25, -0.2) is 4.79 Å². The molecule has 0 aliphatic carbocycles. The smallest absolute Gasteiger partial charge is 0.409 e. The molecule has 0 fully saturated rings. The summed E-state index contributed by atoms with van der Waals surface area (Å²) in [5.41, 5.74) is 1.42. The van der Waals surface area contributed by atoms with Gasteiger partial charge >= 0.3 is 5.43 Å². The summed E-state index contributed by atoms with van der Waals surface area (Å²) in [7, 11) is 0. The third-order valence-electron chi connectivity index (χ3n) is 1.68. The highest BCUT2D eigenvalue weighted by Crippen LogP contribution is 2.16. The lowest BCUT2D eigenvalue weighted by atomic mass is 10.1. The van der Waals surface area contributed by atoms with E-state index in [1.165, 1.54) is 0 Å². The van der Waals surface area contributed by atoms with Gasteiger partial charge in [-0.1, -0.05) is 6.07 Å². The number of ether oxygens (including phenoxy) is 1. The molecule has 64 valence electrons. The molecule has 0 aromatic heterocycles. The summed E-state index contributed by atoms with van der Waals surface area (Å²) in [5, 5.41) is 0. The van der Waals surface area contributed by atoms with Gasteiger partial charge in [0.05, 0.1) is 0 Å². The summed E-state index contributed by atoms with van der Waals surface area (Å²) in [6.45, 7) is 3.93. The molecule has 12 heavy (non-hydrogen) atoms. The number of carbonyl (C=O) groups is 1. The van der Waals surface area contributed by atoms with Crippen LogP contribution in [0.15, 0.2) is 18.2 Å². The first-order valence-corrected chi connectivity index (χ1v) is 3.92. The lowest BCUT2D eigenvalue weighted by molar-refractivity contribution is 0.225. The summed E-state index contributed by atoms with van der Waals surface area (Å²) in [4.78, 5) is 10.4. The van der Waals surface area contributed by atoms with Crippen LogP contribution in [0.3, 0.4) is 0 Å². The quantitative estimate of drug-likeness (QED) is 0.627. The minimum atomic E-state index is -0.807. The van der Waals surface area contributed by atoms with Crippen molar-refractivity contribution in [2.24, 2.45) is 0 Å². The Hall–Kier alpha value is -1.02. The van der Waals surface area contributed by atoms with E-state index < -0.39 is 5.43 Å². The molecule has 0 bridgehead atoms. The summed E-state index contributed by atoms with van der Waals surface area (Å²) in [6.07, 6.45) is 0. The van der Waals surface area contributed by atoms with Gasteiger partial charge in [0, 0.05) is 11.6 Å². The van der Waals surface area contributed by atoms with Gasteiger partial charge in [-0.15, -0.1) is 0 Å². The maximum Gasteiger partial charge on any atom is 0.409 e. The highest BCUT2D eigenvalue weighted by Gasteiger charge is 2.00. The predicted octanol–water partition coefficient (Wildman–Crippen LogP) is 3.04. The normalized spacial score (nSPS) is 9.58. The van der Waals surface area contributed by atoms with E-state index in [1.807, 2.05) is 19.9 Å². The second kappa shape index (κ2) is 3.59. The van der Waals surface area contributed by atoms with Crippen LogP contribution in [-0.2, 0) is 0 Å². The minimum Gasteiger partial charge on any atom is -0.414 e. The van der Waals surface area contributed by atoms with Gasteiger partial charge in [0.25, 0.3) is 0 Å². The van der Waals surface area contributed by atoms with Crippen LogP contribution >= 0.6 is 11.6 Å². The fraction of sp³-hybridized carbons (Fsp3) is 0.222. The average Bonchev–Trinajstić information content (AvgIpc) is 1.96. The molecule has 0 saturated carbocycles. The van der Waals surface area contributed by atoms with Gasteiger partial charge < -0.3 is 4.74 Å². The topological polar surface area (TPSA) is 26.3 Å². The summed E-state index contributed by atoms with van der Waals surface area (Å²) in [6, 6.07) is 5.36. The Morgan fingerprint density at radius 2 is 2.00 bits per heavy atom. The zero-order valence-electron chi connectivity index (χ0n) is 6.93. The zero-order chi connectivity index (χ0) is 9.14. The lowest BCUT2D eigenvalue weighted by Crippen LogP contribution is -1.96. The molecule has 0 atom stereocenters. The molecule has 1 aromatic rings. The SMILES string of the molecule is Cc1ccc(OC(=O)Cl)cc1C. The van der Waals surface area contributed by atoms with Crippen LogP contribution in [-0.4, -0.2) is 5.43 Å². The maximum atomic E-state index is 10.4. The van der Waals surface area contributed by atoms with E-state index in [4.69, 9.17) is 11.6 Å². The van der Waals surface area contributed by atoms with E-state index in [9.17, 15) is 4.79 Å². The number of benzene rings is 1. The number of carbonyl (C=O) groups excluding carboxylic acids is 1. The van der Waals surface area contributed by atoms with Crippen molar-refractivity contribution in [1.82, 2.24) is 0 Å². The number of aryl methyl sites for hydroxylation is 2. The molecule has 0 spiro atoms. The second-order valence-corrected chi connectivity index (χ2v) is 2.89. The van der Waals surface area contributed by atoms with Crippen molar-refractivity contribution in [2.45, 2.75) is 13.8 Å². The first-order valence-electron chi connectivity index (χ1n) is 3.54. The van der Waals surface area contributed by atoms with Gasteiger partial charge in [0.2, 0.25) is 0 Å². The van der Waals surface area contributed by atoms with E-state index in [1.54, 1.807) is 12.1 Å². The Balaban J connectivity index is 2.89. The molecular weight excluding hydrogens is 176 g/mol. The number of hydrogen-bond donors (Lipinski definition) is 0. The van der Waals surface area contributed by atoms with E-state index in [2.05, 4.69) is 4.74 Å². The Bertz CT molecular complexity index is 307. The van der Waals surface area contributed by atoms with Crippen LogP contribution in [0.5, 0.6) is 5.75 Å². The first-order chi connectivity index (χ1) is 5.59. The van der Waals surface area contributed by atoms with Crippen LogP contribution in [0, 0.1) is 13.8 Å². The van der Waals surface area contributed by atoms with Crippen molar-refractivity contribution in [3.63, 3.8) is 0 Å². The Kier molecular flexibility index (Phi) is 2.71. The standard InChI is InChI=1S/C9H9ClO2/c1-6-3-4-8(5-7(6)2)12-9(10)11/h3-5H,1-2H3. The highest BCUT2D eigenvalue weighted by atomic mass is 35.5. The van der Waals surface area contributed by atoms with Crippen molar-refractivity contribution >= 4 is 17.0 Å². The van der Waals surface area contributed by atoms with Crippen molar-refractivity contribution in [1.29, 1.82) is 0 Å². The number of halogens is 1. The first kappa shape index (κ1) is 9.07. The van der Waals surface area contributed by atoms with Crippen LogP contribution < -0.4 is 4.74 Å². The minimum absolute atomic E-state index is 0.484. The van der Waals surface area contributed by atoms with E-state index >= 15 is 0 Å². The van der Waals surface area contributed by atoms with E-state index in [0.717, 1.165) is 11.1 Å². The largest absolute Gasteiger partial charge is 0.414 e. The second-order valence-electron chi connectivity index (χ2n) is 2.59. The highest BCUT2D eigenvalue weighted by molar-refractivity contribution is 6.61. The molecule has 0 N–H and O–H groups in total. The molecule has 0 aliphatic rings. The number of rotatable bonds is 1. The van der Waals surface area contributed by atoms with Gasteiger partial charge in [-0.05, 0) is 37.1 Å². The molecule has 0 saturated heterocycles. The molecule has 2 nitrogen and oxygen atoms in total. The van der Waals surface area contributed by atoms with E-state index in [0.29, 0.717) is 5.75 Å². The fourth-order valence-electron chi connectivity index (χ4n) is 0.870. The summed E-state index contributed by atoms with van der Waals surface area (Å²) >= 11 is 5.04. The molecule has 1 rings (SSSR count). The maximum absolute atomic E-state index is 10.4. The third kappa shape index (κ3) is 2.24. The Morgan fingerprint density at radius 3 is 2.50 bits per heavy atom. The monoisotopic (exact) mass is 184 g/mol. The lowest BCUT2D eigenvalue weighted by Gasteiger charge is -2.02. The van der Waals surface area contributed by atoms with Crippen molar-refractivity contribution in [3.05, 3.63) is 29.3 Å². The van der Waals surface area contributed by atoms with Gasteiger partial charge in [-0.3, -0.25) is 0 Å². The molecule has 1 aromatic carbocycles. The van der Waals surface area contributed by atoms with Crippen LogP contribution in [0.25, 0.3) is 0 Å².